The van der Waals surface area contributed by atoms with E-state index in [-0.39, 0.29) is 5.84 Å². The number of nitrogens with zero attached hydrogens (tertiary/aromatic N) is 6. The van der Waals surface area contributed by atoms with Crippen LogP contribution >= 0.6 is 0 Å². The Morgan fingerprint density at radius 1 is 1.58 bits per heavy atom. The zero-order valence-electron chi connectivity index (χ0n) is 11.0. The molecule has 0 bridgehead atoms. The highest BCUT2D eigenvalue weighted by Crippen LogP contribution is 2.15. The van der Waals surface area contributed by atoms with Crippen molar-refractivity contribution in [3.63, 3.8) is 0 Å². The molecule has 0 aromatic carbocycles. The van der Waals surface area contributed by atoms with Gasteiger partial charge in [0.05, 0.1) is 0 Å². The van der Waals surface area contributed by atoms with Crippen LogP contribution in [0.15, 0.2) is 17.5 Å². The molecular formula is C11H17N7O. The molecule has 0 radical (unpaired) electrons. The van der Waals surface area contributed by atoms with Crippen molar-refractivity contribution >= 4 is 17.4 Å². The standard InChI is InChI=1S/C11H17N7O/c1-3-17(5-4-9(12)16-19)10-6-8(2)15-11-13-7-14-18(10)11/h6-7,19H,3-5H2,1-2H3,(H2,12,16). The first-order valence-electron chi connectivity index (χ1n) is 6.04. The van der Waals surface area contributed by atoms with Crippen LogP contribution in [-0.2, 0) is 0 Å². The van der Waals surface area contributed by atoms with Crippen molar-refractivity contribution < 1.29 is 5.21 Å². The average molecular weight is 263 g/mol. The van der Waals surface area contributed by atoms with Gasteiger partial charge in [-0.05, 0) is 13.8 Å². The smallest absolute Gasteiger partial charge is 0.254 e. The molecule has 2 aromatic rings. The number of hydrogen-bond acceptors (Lipinski definition) is 6. The fraction of sp³-hybridized carbons (Fsp3) is 0.455. The van der Waals surface area contributed by atoms with Gasteiger partial charge in [-0.1, -0.05) is 5.16 Å². The summed E-state index contributed by atoms with van der Waals surface area (Å²) in [6.45, 7) is 5.35. The fourth-order valence-electron chi connectivity index (χ4n) is 1.87. The summed E-state index contributed by atoms with van der Waals surface area (Å²) >= 11 is 0. The molecule has 0 aliphatic heterocycles. The number of amidine groups is 1. The number of hydrogen-bond donors (Lipinski definition) is 2. The number of aryl methyl sites for hydroxylation is 1. The zero-order valence-corrected chi connectivity index (χ0v) is 11.0. The predicted octanol–water partition coefficient (Wildman–Crippen LogP) is 0.396. The first kappa shape index (κ1) is 13.1. The van der Waals surface area contributed by atoms with Gasteiger partial charge in [0.15, 0.2) is 0 Å². The predicted molar refractivity (Wildman–Crippen MR) is 71.4 cm³/mol. The maximum Gasteiger partial charge on any atom is 0.254 e. The van der Waals surface area contributed by atoms with E-state index in [1.807, 2.05) is 19.9 Å². The molecule has 0 fully saturated rings. The number of rotatable bonds is 5. The van der Waals surface area contributed by atoms with Crippen LogP contribution in [0.4, 0.5) is 5.82 Å². The molecular weight excluding hydrogens is 246 g/mol. The summed E-state index contributed by atoms with van der Waals surface area (Å²) in [5.41, 5.74) is 6.38. The van der Waals surface area contributed by atoms with E-state index in [0.29, 0.717) is 18.7 Å². The number of anilines is 1. The average Bonchev–Trinajstić information content (AvgIpc) is 2.86. The quantitative estimate of drug-likeness (QED) is 0.350. The Morgan fingerprint density at radius 2 is 2.37 bits per heavy atom. The molecule has 0 spiro atoms. The van der Waals surface area contributed by atoms with Crippen LogP contribution in [-0.4, -0.2) is 43.7 Å². The van der Waals surface area contributed by atoms with Crippen molar-refractivity contribution in [1.29, 1.82) is 0 Å². The molecule has 2 rings (SSSR count). The summed E-state index contributed by atoms with van der Waals surface area (Å²) in [7, 11) is 0. The molecule has 102 valence electrons. The third kappa shape index (κ3) is 2.72. The van der Waals surface area contributed by atoms with Gasteiger partial charge < -0.3 is 15.8 Å². The van der Waals surface area contributed by atoms with Gasteiger partial charge >= 0.3 is 0 Å². The largest absolute Gasteiger partial charge is 0.409 e. The molecule has 8 heteroatoms. The molecule has 0 saturated carbocycles. The van der Waals surface area contributed by atoms with Gasteiger partial charge in [0.1, 0.15) is 18.0 Å². The zero-order chi connectivity index (χ0) is 13.8. The maximum atomic E-state index is 8.58. The molecule has 0 atom stereocenters. The van der Waals surface area contributed by atoms with Crippen LogP contribution in [0.3, 0.4) is 0 Å². The van der Waals surface area contributed by atoms with Crippen molar-refractivity contribution in [3.05, 3.63) is 18.1 Å². The summed E-state index contributed by atoms with van der Waals surface area (Å²) in [5.74, 6) is 1.67. The minimum Gasteiger partial charge on any atom is -0.409 e. The van der Waals surface area contributed by atoms with Gasteiger partial charge in [0, 0.05) is 31.3 Å². The van der Waals surface area contributed by atoms with E-state index in [1.165, 1.54) is 6.33 Å². The summed E-state index contributed by atoms with van der Waals surface area (Å²) in [4.78, 5) is 10.5. The van der Waals surface area contributed by atoms with Crippen molar-refractivity contribution in [2.45, 2.75) is 20.3 Å². The Balaban J connectivity index is 2.32. The minimum atomic E-state index is 0.207. The van der Waals surface area contributed by atoms with Crippen LogP contribution in [0.5, 0.6) is 0 Å². The van der Waals surface area contributed by atoms with Crippen LogP contribution in [0.1, 0.15) is 19.0 Å². The second-order valence-electron chi connectivity index (χ2n) is 4.15. The maximum absolute atomic E-state index is 8.58. The molecule has 0 aliphatic carbocycles. The van der Waals surface area contributed by atoms with Crippen LogP contribution < -0.4 is 10.6 Å². The van der Waals surface area contributed by atoms with Gasteiger partial charge in [0.2, 0.25) is 0 Å². The topological polar surface area (TPSA) is 105 Å². The SMILES string of the molecule is CCN(CCC(N)=NO)c1cc(C)nc2ncnn12. The third-order valence-electron chi connectivity index (χ3n) is 2.83. The molecule has 0 aliphatic rings. The van der Waals surface area contributed by atoms with E-state index in [2.05, 4.69) is 25.1 Å². The van der Waals surface area contributed by atoms with E-state index < -0.39 is 0 Å². The van der Waals surface area contributed by atoms with Crippen LogP contribution in [0.2, 0.25) is 0 Å². The van der Waals surface area contributed by atoms with E-state index in [0.717, 1.165) is 18.1 Å². The summed E-state index contributed by atoms with van der Waals surface area (Å²) in [6, 6.07) is 1.94. The lowest BCUT2D eigenvalue weighted by Crippen LogP contribution is -2.30. The number of aromatic nitrogens is 4. The Bertz CT molecular complexity index is 592. The molecule has 0 amide bonds. The molecule has 8 nitrogen and oxygen atoms in total. The van der Waals surface area contributed by atoms with E-state index in [1.54, 1.807) is 4.52 Å². The molecule has 0 unspecified atom stereocenters. The van der Waals surface area contributed by atoms with Gasteiger partial charge in [-0.3, -0.25) is 0 Å². The molecule has 3 N–H and O–H groups in total. The molecule has 19 heavy (non-hydrogen) atoms. The van der Waals surface area contributed by atoms with Crippen molar-refractivity contribution in [3.8, 4) is 0 Å². The lowest BCUT2D eigenvalue weighted by atomic mass is 10.3. The molecule has 2 heterocycles. The van der Waals surface area contributed by atoms with Crippen molar-refractivity contribution in [2.75, 3.05) is 18.0 Å². The van der Waals surface area contributed by atoms with Gasteiger partial charge in [-0.2, -0.15) is 14.6 Å². The fourth-order valence-corrected chi connectivity index (χ4v) is 1.87. The molecule has 2 aromatic heterocycles. The minimum absolute atomic E-state index is 0.207. The number of oxime groups is 1. The van der Waals surface area contributed by atoms with Crippen LogP contribution in [0.25, 0.3) is 5.78 Å². The highest BCUT2D eigenvalue weighted by Gasteiger charge is 2.12. The van der Waals surface area contributed by atoms with E-state index >= 15 is 0 Å². The first-order valence-corrected chi connectivity index (χ1v) is 6.04. The third-order valence-corrected chi connectivity index (χ3v) is 2.83. The van der Waals surface area contributed by atoms with Crippen molar-refractivity contribution in [1.82, 2.24) is 19.6 Å². The summed E-state index contributed by atoms with van der Waals surface area (Å²) in [5, 5.41) is 15.7. The highest BCUT2D eigenvalue weighted by atomic mass is 16.4. The van der Waals surface area contributed by atoms with E-state index in [9.17, 15) is 0 Å². The summed E-state index contributed by atoms with van der Waals surface area (Å²) in [6.07, 6.45) is 1.95. The second kappa shape index (κ2) is 5.51. The normalized spacial score (nSPS) is 12.0. The lowest BCUT2D eigenvalue weighted by molar-refractivity contribution is 0.317. The van der Waals surface area contributed by atoms with Gasteiger partial charge in [-0.15, -0.1) is 0 Å². The lowest BCUT2D eigenvalue weighted by Gasteiger charge is -2.23. The Kier molecular flexibility index (Phi) is 3.79. The Labute approximate surface area is 110 Å². The first-order chi connectivity index (χ1) is 9.15. The van der Waals surface area contributed by atoms with E-state index in [4.69, 9.17) is 10.9 Å². The number of nitrogens with two attached hydrogens (primary N) is 1. The van der Waals surface area contributed by atoms with Gasteiger partial charge in [0.25, 0.3) is 5.78 Å². The molecule has 0 saturated heterocycles. The Morgan fingerprint density at radius 3 is 3.05 bits per heavy atom. The number of fused-ring (bicyclic) bond motifs is 1. The van der Waals surface area contributed by atoms with Gasteiger partial charge in [-0.25, -0.2) is 4.98 Å². The van der Waals surface area contributed by atoms with Crippen molar-refractivity contribution in [2.24, 2.45) is 10.9 Å². The van der Waals surface area contributed by atoms with Crippen LogP contribution in [0, 0.1) is 6.92 Å². The second-order valence-corrected chi connectivity index (χ2v) is 4.15. The highest BCUT2D eigenvalue weighted by molar-refractivity contribution is 5.80. The summed E-state index contributed by atoms with van der Waals surface area (Å²) < 4.78 is 1.68. The monoisotopic (exact) mass is 263 g/mol. The Hall–Kier alpha value is -2.38.